The number of hydrogen-bond donors (Lipinski definition) is 0. The fraction of sp³-hybridized carbons (Fsp3) is 0.929. The molecular weight excluding hydrogens is 198 g/mol. The summed E-state index contributed by atoms with van der Waals surface area (Å²) in [4.78, 5) is 13.7. The Kier molecular flexibility index (Phi) is 5.47. The molecule has 2 heteroatoms. The van der Waals surface area contributed by atoms with Crippen LogP contribution in [0, 0.1) is 11.3 Å². The first-order chi connectivity index (χ1) is 7.62. The van der Waals surface area contributed by atoms with Gasteiger partial charge in [0.15, 0.2) is 0 Å². The molecule has 1 aliphatic carbocycles. The van der Waals surface area contributed by atoms with Gasteiger partial charge in [0.2, 0.25) is 0 Å². The van der Waals surface area contributed by atoms with Gasteiger partial charge in [-0.25, -0.2) is 0 Å². The average Bonchev–Trinajstić information content (AvgIpc) is 2.29. The lowest BCUT2D eigenvalue weighted by Gasteiger charge is -2.36. The molecule has 0 N–H and O–H groups in total. The summed E-state index contributed by atoms with van der Waals surface area (Å²) in [6.45, 7) is 6.59. The minimum atomic E-state index is -0.0273. The highest BCUT2D eigenvalue weighted by Gasteiger charge is 2.32. The molecule has 0 spiro atoms. The van der Waals surface area contributed by atoms with Gasteiger partial charge < -0.3 is 9.69 Å². The van der Waals surface area contributed by atoms with Crippen LogP contribution < -0.4 is 0 Å². The molecule has 1 rings (SSSR count). The van der Waals surface area contributed by atoms with Crippen molar-refractivity contribution in [1.82, 2.24) is 4.90 Å². The molecule has 0 aromatic heterocycles. The summed E-state index contributed by atoms with van der Waals surface area (Å²) < 4.78 is 0. The van der Waals surface area contributed by atoms with Gasteiger partial charge in [0, 0.05) is 18.5 Å². The van der Waals surface area contributed by atoms with Crippen LogP contribution in [-0.2, 0) is 4.79 Å². The molecule has 1 fully saturated rings. The minimum Gasteiger partial charge on any atom is -0.305 e. The molecule has 94 valence electrons. The Morgan fingerprint density at radius 1 is 1.31 bits per heavy atom. The van der Waals surface area contributed by atoms with E-state index in [-0.39, 0.29) is 5.41 Å². The fourth-order valence-corrected chi connectivity index (χ4v) is 2.83. The Morgan fingerprint density at radius 2 is 1.94 bits per heavy atom. The van der Waals surface area contributed by atoms with Crippen molar-refractivity contribution < 1.29 is 4.79 Å². The molecule has 16 heavy (non-hydrogen) atoms. The van der Waals surface area contributed by atoms with Crippen LogP contribution >= 0.6 is 0 Å². The molecule has 0 radical (unpaired) electrons. The van der Waals surface area contributed by atoms with Crippen LogP contribution in [0.5, 0.6) is 0 Å². The van der Waals surface area contributed by atoms with Crippen molar-refractivity contribution in [3.8, 4) is 0 Å². The Balaban J connectivity index is 2.45. The van der Waals surface area contributed by atoms with Crippen LogP contribution in [0.4, 0.5) is 0 Å². The number of rotatable bonds is 6. The maximum atomic E-state index is 11.3. The third-order valence-electron chi connectivity index (χ3n) is 4.00. The van der Waals surface area contributed by atoms with Crippen LogP contribution in [0.15, 0.2) is 0 Å². The predicted octanol–water partition coefficient (Wildman–Crippen LogP) is 3.11. The summed E-state index contributed by atoms with van der Waals surface area (Å²) in [6.07, 6.45) is 8.43. The predicted molar refractivity (Wildman–Crippen MR) is 68.5 cm³/mol. The van der Waals surface area contributed by atoms with Gasteiger partial charge in [0.1, 0.15) is 6.29 Å². The van der Waals surface area contributed by atoms with Gasteiger partial charge in [-0.15, -0.1) is 0 Å². The highest BCUT2D eigenvalue weighted by atomic mass is 16.1. The first kappa shape index (κ1) is 13.7. The maximum Gasteiger partial charge on any atom is 0.127 e. The number of hydrogen-bond acceptors (Lipinski definition) is 2. The molecule has 1 atom stereocenters. The second-order valence-corrected chi connectivity index (χ2v) is 5.75. The van der Waals surface area contributed by atoms with Crippen molar-refractivity contribution >= 4 is 6.29 Å². The van der Waals surface area contributed by atoms with Crippen LogP contribution in [0.2, 0.25) is 0 Å². The van der Waals surface area contributed by atoms with Crippen molar-refractivity contribution in [2.24, 2.45) is 11.3 Å². The molecule has 0 bridgehead atoms. The van der Waals surface area contributed by atoms with Crippen LogP contribution in [0.3, 0.4) is 0 Å². The lowest BCUT2D eigenvalue weighted by atomic mass is 9.75. The Morgan fingerprint density at radius 3 is 2.44 bits per heavy atom. The molecule has 1 unspecified atom stereocenters. The zero-order valence-corrected chi connectivity index (χ0v) is 11.2. The summed E-state index contributed by atoms with van der Waals surface area (Å²) in [5.41, 5.74) is -0.0273. The molecular formula is C14H27NO. The van der Waals surface area contributed by atoms with Crippen molar-refractivity contribution in [3.63, 3.8) is 0 Å². The van der Waals surface area contributed by atoms with Crippen molar-refractivity contribution in [2.75, 3.05) is 20.1 Å². The first-order valence-corrected chi connectivity index (χ1v) is 6.77. The van der Waals surface area contributed by atoms with Crippen LogP contribution in [0.1, 0.15) is 52.4 Å². The van der Waals surface area contributed by atoms with Gasteiger partial charge in [-0.05, 0) is 25.8 Å². The van der Waals surface area contributed by atoms with E-state index in [0.29, 0.717) is 0 Å². The van der Waals surface area contributed by atoms with Crippen molar-refractivity contribution in [3.05, 3.63) is 0 Å². The summed E-state index contributed by atoms with van der Waals surface area (Å²) in [5, 5.41) is 0. The molecule has 0 heterocycles. The fourth-order valence-electron chi connectivity index (χ4n) is 2.83. The smallest absolute Gasteiger partial charge is 0.127 e. The summed E-state index contributed by atoms with van der Waals surface area (Å²) in [6, 6.07) is 0. The summed E-state index contributed by atoms with van der Waals surface area (Å²) in [7, 11) is 2.16. The molecule has 0 aromatic rings. The average molecular weight is 225 g/mol. The van der Waals surface area contributed by atoms with E-state index in [0.717, 1.165) is 31.8 Å². The highest BCUT2D eigenvalue weighted by molar-refractivity contribution is 5.60. The number of carbonyl (C=O) groups excluding carboxylic acids is 1. The van der Waals surface area contributed by atoms with E-state index in [1.807, 2.05) is 0 Å². The molecule has 0 aromatic carbocycles. The zero-order valence-electron chi connectivity index (χ0n) is 11.2. The topological polar surface area (TPSA) is 20.3 Å². The lowest BCUT2D eigenvalue weighted by molar-refractivity contribution is -0.119. The standard InChI is InChI=1S/C14H27NO/c1-4-13(2)10-15(3)11-14(12-16)8-6-5-7-9-14/h12-13H,4-11H2,1-3H3. The van der Waals surface area contributed by atoms with Gasteiger partial charge in [0.05, 0.1) is 0 Å². The van der Waals surface area contributed by atoms with E-state index >= 15 is 0 Å². The summed E-state index contributed by atoms with van der Waals surface area (Å²) in [5.74, 6) is 0.734. The van der Waals surface area contributed by atoms with E-state index in [1.165, 1.54) is 32.0 Å². The van der Waals surface area contributed by atoms with Crippen molar-refractivity contribution in [1.29, 1.82) is 0 Å². The normalized spacial score (nSPS) is 22.0. The molecule has 0 saturated heterocycles. The molecule has 1 aliphatic rings. The van der Waals surface area contributed by atoms with E-state index in [1.54, 1.807) is 0 Å². The number of nitrogens with zero attached hydrogens (tertiary/aromatic N) is 1. The molecule has 1 saturated carbocycles. The highest BCUT2D eigenvalue weighted by Crippen LogP contribution is 2.35. The number of aldehydes is 1. The monoisotopic (exact) mass is 225 g/mol. The molecule has 0 aliphatic heterocycles. The Labute approximate surface area is 100 Å². The van der Waals surface area contributed by atoms with E-state index in [4.69, 9.17) is 0 Å². The van der Waals surface area contributed by atoms with Gasteiger partial charge in [-0.3, -0.25) is 0 Å². The van der Waals surface area contributed by atoms with E-state index < -0.39 is 0 Å². The van der Waals surface area contributed by atoms with Crippen LogP contribution in [0.25, 0.3) is 0 Å². The largest absolute Gasteiger partial charge is 0.305 e. The minimum absolute atomic E-state index is 0.0273. The molecule has 0 amide bonds. The van der Waals surface area contributed by atoms with E-state index in [2.05, 4.69) is 25.8 Å². The van der Waals surface area contributed by atoms with Gasteiger partial charge in [-0.1, -0.05) is 39.5 Å². The third-order valence-corrected chi connectivity index (χ3v) is 4.00. The summed E-state index contributed by atoms with van der Waals surface area (Å²) >= 11 is 0. The van der Waals surface area contributed by atoms with Gasteiger partial charge in [0.25, 0.3) is 0 Å². The third kappa shape index (κ3) is 3.89. The lowest BCUT2D eigenvalue weighted by Crippen LogP contribution is -2.40. The van der Waals surface area contributed by atoms with E-state index in [9.17, 15) is 4.79 Å². The van der Waals surface area contributed by atoms with Crippen molar-refractivity contribution in [2.45, 2.75) is 52.4 Å². The first-order valence-electron chi connectivity index (χ1n) is 6.77. The quantitative estimate of drug-likeness (QED) is 0.647. The van der Waals surface area contributed by atoms with Gasteiger partial charge >= 0.3 is 0 Å². The Hall–Kier alpha value is -0.370. The molecule has 2 nitrogen and oxygen atoms in total. The zero-order chi connectivity index (χ0) is 12.0. The SMILES string of the molecule is CCC(C)CN(C)CC1(C=O)CCCCC1. The second-order valence-electron chi connectivity index (χ2n) is 5.75. The number of carbonyl (C=O) groups is 1. The Bertz CT molecular complexity index is 209. The second kappa shape index (κ2) is 6.39. The van der Waals surface area contributed by atoms with Gasteiger partial charge in [-0.2, -0.15) is 0 Å². The maximum absolute atomic E-state index is 11.3. The van der Waals surface area contributed by atoms with Crippen LogP contribution in [-0.4, -0.2) is 31.3 Å².